The van der Waals surface area contributed by atoms with E-state index in [0.717, 1.165) is 12.1 Å². The van der Waals surface area contributed by atoms with Gasteiger partial charge in [0, 0.05) is 6.54 Å². The molecule has 0 saturated carbocycles. The van der Waals surface area contributed by atoms with E-state index in [0.29, 0.717) is 5.56 Å². The molecule has 0 bridgehead atoms. The molecular formula is C13H17F4NO3S. The molecule has 0 aliphatic carbocycles. The molecule has 0 saturated heterocycles. The normalized spacial score (nSPS) is 13.5. The summed E-state index contributed by atoms with van der Waals surface area (Å²) in [5, 5.41) is 0. The maximum Gasteiger partial charge on any atom is 0.387 e. The fourth-order valence-corrected chi connectivity index (χ4v) is 2.14. The van der Waals surface area contributed by atoms with Crippen LogP contribution in [0.25, 0.3) is 0 Å². The molecule has 1 aromatic rings. The van der Waals surface area contributed by atoms with Gasteiger partial charge in [0.15, 0.2) is 11.5 Å². The van der Waals surface area contributed by atoms with Crippen LogP contribution in [-0.4, -0.2) is 22.2 Å². The monoisotopic (exact) mass is 343 g/mol. The van der Waals surface area contributed by atoms with Gasteiger partial charge in [-0.3, -0.25) is 0 Å². The van der Waals surface area contributed by atoms with Crippen molar-refractivity contribution in [3.63, 3.8) is 0 Å². The fraction of sp³-hybridized carbons (Fsp3) is 0.538. The Hall–Kier alpha value is -1.35. The summed E-state index contributed by atoms with van der Waals surface area (Å²) < 4.78 is 71.4. The van der Waals surface area contributed by atoms with E-state index in [1.54, 1.807) is 20.8 Å². The Bertz CT molecular complexity index is 520. The molecule has 0 spiro atoms. The smallest absolute Gasteiger partial charge is 0.387 e. The molecule has 0 aromatic heterocycles. The Morgan fingerprint density at radius 1 is 1.09 bits per heavy atom. The van der Waals surface area contributed by atoms with Crippen molar-refractivity contribution in [1.29, 1.82) is 0 Å². The third-order valence-corrected chi connectivity index (χ3v) is 3.92. The van der Waals surface area contributed by atoms with E-state index < -0.39 is 40.5 Å². The summed E-state index contributed by atoms with van der Waals surface area (Å²) in [4.78, 5) is 0. The van der Waals surface area contributed by atoms with Gasteiger partial charge in [0.05, 0.1) is 15.7 Å². The molecular weight excluding hydrogens is 326 g/mol. The Morgan fingerprint density at radius 3 is 2.14 bits per heavy atom. The standard InChI is InChI=1S/C13H17F4NO3S/c1-13(2,3)22(19)18-7-8-4-5-9(20-11(14)15)10(6-8)21-12(16)17/h4-6,11-12,18H,7H2,1-3H3. The molecule has 1 atom stereocenters. The first-order chi connectivity index (χ1) is 10.1. The Kier molecular flexibility index (Phi) is 6.61. The van der Waals surface area contributed by atoms with Crippen molar-refractivity contribution < 1.29 is 31.2 Å². The highest BCUT2D eigenvalue weighted by atomic mass is 32.2. The number of ether oxygens (including phenoxy) is 2. The van der Waals surface area contributed by atoms with Gasteiger partial charge in [-0.2, -0.15) is 17.6 Å². The van der Waals surface area contributed by atoms with Crippen molar-refractivity contribution >= 4 is 11.0 Å². The van der Waals surface area contributed by atoms with Crippen molar-refractivity contribution in [3.8, 4) is 11.5 Å². The Labute approximate surface area is 128 Å². The SMILES string of the molecule is CC(C)(C)S(=O)NCc1ccc(OC(F)F)c(OC(F)F)c1. The van der Waals surface area contributed by atoms with Crippen LogP contribution in [0.15, 0.2) is 18.2 Å². The minimum atomic E-state index is -3.17. The number of alkyl halides is 4. The van der Waals surface area contributed by atoms with E-state index in [1.165, 1.54) is 6.07 Å². The number of hydrogen-bond acceptors (Lipinski definition) is 3. The lowest BCUT2D eigenvalue weighted by atomic mass is 10.2. The summed E-state index contributed by atoms with van der Waals surface area (Å²) in [6.07, 6.45) is 0. The Morgan fingerprint density at radius 2 is 1.64 bits per heavy atom. The van der Waals surface area contributed by atoms with Gasteiger partial charge in [-0.25, -0.2) is 8.93 Å². The highest BCUT2D eigenvalue weighted by Gasteiger charge is 2.20. The number of rotatable bonds is 7. The minimum Gasteiger partial charge on any atom is -0.431 e. The van der Waals surface area contributed by atoms with E-state index >= 15 is 0 Å². The van der Waals surface area contributed by atoms with Crippen molar-refractivity contribution in [2.75, 3.05) is 0 Å². The van der Waals surface area contributed by atoms with Crippen LogP contribution >= 0.6 is 0 Å². The van der Waals surface area contributed by atoms with Crippen LogP contribution in [0.2, 0.25) is 0 Å². The van der Waals surface area contributed by atoms with Gasteiger partial charge in [-0.15, -0.1) is 0 Å². The summed E-state index contributed by atoms with van der Waals surface area (Å²) in [7, 11) is -1.36. The number of nitrogens with one attached hydrogen (secondary N) is 1. The van der Waals surface area contributed by atoms with Crippen LogP contribution in [0, 0.1) is 0 Å². The third-order valence-electron chi connectivity index (χ3n) is 2.40. The lowest BCUT2D eigenvalue weighted by Gasteiger charge is -2.18. The van der Waals surface area contributed by atoms with E-state index in [1.807, 2.05) is 0 Å². The van der Waals surface area contributed by atoms with E-state index in [4.69, 9.17) is 0 Å². The average Bonchev–Trinajstić information content (AvgIpc) is 2.36. The molecule has 0 radical (unpaired) electrons. The van der Waals surface area contributed by atoms with Crippen LogP contribution in [0.4, 0.5) is 17.6 Å². The second-order valence-corrected chi connectivity index (χ2v) is 7.29. The van der Waals surface area contributed by atoms with Crippen molar-refractivity contribution in [2.24, 2.45) is 0 Å². The molecule has 1 aromatic carbocycles. The predicted octanol–water partition coefficient (Wildman–Crippen LogP) is 3.44. The van der Waals surface area contributed by atoms with Crippen molar-refractivity contribution in [2.45, 2.75) is 45.3 Å². The molecule has 0 aliphatic heterocycles. The zero-order chi connectivity index (χ0) is 16.9. The highest BCUT2D eigenvalue weighted by molar-refractivity contribution is 7.84. The highest BCUT2D eigenvalue weighted by Crippen LogP contribution is 2.31. The molecule has 9 heteroatoms. The second kappa shape index (κ2) is 7.77. The lowest BCUT2D eigenvalue weighted by molar-refractivity contribution is -0.0692. The average molecular weight is 343 g/mol. The number of hydrogen-bond donors (Lipinski definition) is 1. The van der Waals surface area contributed by atoms with Crippen LogP contribution in [0.3, 0.4) is 0 Å². The van der Waals surface area contributed by atoms with Crippen LogP contribution < -0.4 is 14.2 Å². The van der Waals surface area contributed by atoms with Gasteiger partial charge in [0.25, 0.3) is 0 Å². The van der Waals surface area contributed by atoms with E-state index in [9.17, 15) is 21.8 Å². The van der Waals surface area contributed by atoms with Crippen LogP contribution in [0.5, 0.6) is 11.5 Å². The summed E-state index contributed by atoms with van der Waals surface area (Å²) >= 11 is 0. The number of benzene rings is 1. The first-order valence-electron chi connectivity index (χ1n) is 6.27. The van der Waals surface area contributed by atoms with Crippen molar-refractivity contribution in [1.82, 2.24) is 4.72 Å². The van der Waals surface area contributed by atoms with Gasteiger partial charge in [-0.05, 0) is 38.5 Å². The predicted molar refractivity (Wildman–Crippen MR) is 74.4 cm³/mol. The van der Waals surface area contributed by atoms with Crippen LogP contribution in [0.1, 0.15) is 26.3 Å². The first-order valence-corrected chi connectivity index (χ1v) is 7.42. The molecule has 0 amide bonds. The zero-order valence-corrected chi connectivity index (χ0v) is 13.1. The maximum absolute atomic E-state index is 12.3. The van der Waals surface area contributed by atoms with Crippen LogP contribution in [-0.2, 0) is 17.5 Å². The quantitative estimate of drug-likeness (QED) is 0.772. The van der Waals surface area contributed by atoms with Gasteiger partial charge in [0.2, 0.25) is 0 Å². The minimum absolute atomic E-state index is 0.0957. The second-order valence-electron chi connectivity index (χ2n) is 5.24. The lowest BCUT2D eigenvalue weighted by Crippen LogP contribution is -2.32. The molecule has 0 aliphatic rings. The van der Waals surface area contributed by atoms with Gasteiger partial charge < -0.3 is 9.47 Å². The van der Waals surface area contributed by atoms with Gasteiger partial charge >= 0.3 is 13.2 Å². The molecule has 22 heavy (non-hydrogen) atoms. The maximum atomic E-state index is 12.3. The van der Waals surface area contributed by atoms with Gasteiger partial charge in [0.1, 0.15) is 0 Å². The van der Waals surface area contributed by atoms with E-state index in [2.05, 4.69) is 14.2 Å². The summed E-state index contributed by atoms with van der Waals surface area (Å²) in [5.41, 5.74) is 0.440. The third kappa shape index (κ3) is 6.18. The largest absolute Gasteiger partial charge is 0.431 e. The molecule has 1 rings (SSSR count). The molecule has 1 unspecified atom stereocenters. The van der Waals surface area contributed by atoms with E-state index in [-0.39, 0.29) is 6.54 Å². The zero-order valence-electron chi connectivity index (χ0n) is 12.2. The number of halogens is 4. The molecule has 4 nitrogen and oxygen atoms in total. The molecule has 0 fully saturated rings. The first kappa shape index (κ1) is 18.7. The summed E-state index contributed by atoms with van der Waals surface area (Å²) in [5.74, 6) is -0.993. The topological polar surface area (TPSA) is 47.6 Å². The van der Waals surface area contributed by atoms with Crippen molar-refractivity contribution in [3.05, 3.63) is 23.8 Å². The molecule has 1 N–H and O–H groups in total. The summed E-state index contributed by atoms with van der Waals surface area (Å²) in [6.45, 7) is -0.939. The van der Waals surface area contributed by atoms with Gasteiger partial charge in [-0.1, -0.05) is 6.07 Å². The summed E-state index contributed by atoms with van der Waals surface area (Å²) in [6, 6.07) is 3.63. The fourth-order valence-electron chi connectivity index (χ4n) is 1.41. The molecule has 126 valence electrons. The molecule has 0 heterocycles. The Balaban J connectivity index is 2.87.